The molecule has 1 fully saturated rings. The van der Waals surface area contributed by atoms with Crippen LogP contribution in [-0.4, -0.2) is 35.8 Å². The normalized spacial score (nSPS) is 20.0. The number of fused-ring (bicyclic) bond motifs is 1. The molecule has 3 N–H and O–H groups in total. The van der Waals surface area contributed by atoms with Gasteiger partial charge in [0.1, 0.15) is 5.82 Å². The summed E-state index contributed by atoms with van der Waals surface area (Å²) >= 11 is 0. The molecule has 2 amide bonds. The fourth-order valence-corrected chi connectivity index (χ4v) is 3.36. The highest BCUT2D eigenvalue weighted by molar-refractivity contribution is 5.98. The van der Waals surface area contributed by atoms with E-state index in [9.17, 15) is 14.0 Å². The minimum atomic E-state index is -0.578. The molecule has 1 aromatic carbocycles. The van der Waals surface area contributed by atoms with E-state index >= 15 is 0 Å². The number of nitrogens with two attached hydrogens (primary N) is 1. The van der Waals surface area contributed by atoms with E-state index in [4.69, 9.17) is 5.73 Å². The number of piperidine rings is 1. The zero-order valence-electron chi connectivity index (χ0n) is 13.3. The van der Waals surface area contributed by atoms with Gasteiger partial charge in [-0.05, 0) is 49.8 Å². The topological polar surface area (TPSA) is 75.4 Å². The second kappa shape index (κ2) is 6.28. The van der Waals surface area contributed by atoms with Gasteiger partial charge >= 0.3 is 0 Å². The van der Waals surface area contributed by atoms with Crippen molar-refractivity contribution in [1.29, 1.82) is 0 Å². The summed E-state index contributed by atoms with van der Waals surface area (Å²) in [6, 6.07) is 2.97. The molecule has 0 spiro atoms. The molecule has 0 saturated carbocycles. The van der Waals surface area contributed by atoms with Crippen molar-refractivity contribution in [3.8, 4) is 0 Å². The Balaban J connectivity index is 1.77. The zero-order valence-corrected chi connectivity index (χ0v) is 13.3. The lowest BCUT2D eigenvalue weighted by Crippen LogP contribution is -2.42. The van der Waals surface area contributed by atoms with Gasteiger partial charge in [-0.25, -0.2) is 4.39 Å². The molecule has 2 aliphatic heterocycles. The molecule has 1 atom stereocenters. The number of rotatable bonds is 2. The highest BCUT2D eigenvalue weighted by Gasteiger charge is 2.28. The fraction of sp³-hybridized carbons (Fsp3) is 0.529. The van der Waals surface area contributed by atoms with E-state index in [0.29, 0.717) is 37.5 Å². The molecule has 2 heterocycles. The molecule has 2 aliphatic rings. The number of amides is 2. The van der Waals surface area contributed by atoms with Crippen molar-refractivity contribution in [3.05, 3.63) is 29.1 Å². The third-order valence-electron chi connectivity index (χ3n) is 4.89. The molecule has 124 valence electrons. The van der Waals surface area contributed by atoms with Crippen molar-refractivity contribution in [2.45, 2.75) is 38.6 Å². The van der Waals surface area contributed by atoms with Crippen LogP contribution in [0, 0.1) is 11.7 Å². The van der Waals surface area contributed by atoms with Crippen LogP contribution in [0.15, 0.2) is 12.1 Å². The Bertz CT molecular complexity index is 637. The van der Waals surface area contributed by atoms with Crippen LogP contribution >= 0.6 is 0 Å². The Kier molecular flexibility index (Phi) is 4.35. The minimum Gasteiger partial charge on any atom is -0.339 e. The monoisotopic (exact) mass is 319 g/mol. The van der Waals surface area contributed by atoms with Crippen LogP contribution in [0.4, 0.5) is 10.1 Å². The van der Waals surface area contributed by atoms with Gasteiger partial charge in [-0.15, -0.1) is 0 Å². The number of halogens is 1. The number of carbonyl (C=O) groups is 2. The van der Waals surface area contributed by atoms with Gasteiger partial charge in [0.25, 0.3) is 5.91 Å². The number of nitrogens with one attached hydrogen (secondary N) is 1. The largest absolute Gasteiger partial charge is 0.339 e. The Morgan fingerprint density at radius 1 is 1.35 bits per heavy atom. The molecular formula is C17H22FN3O2. The highest BCUT2D eigenvalue weighted by Crippen LogP contribution is 2.28. The third-order valence-corrected chi connectivity index (χ3v) is 4.89. The molecule has 1 saturated heterocycles. The lowest BCUT2D eigenvalue weighted by molar-refractivity contribution is -0.116. The van der Waals surface area contributed by atoms with Crippen LogP contribution in [-0.2, 0) is 11.2 Å². The van der Waals surface area contributed by atoms with Crippen LogP contribution in [0.5, 0.6) is 0 Å². The molecule has 5 nitrogen and oxygen atoms in total. The van der Waals surface area contributed by atoms with Crippen LogP contribution in [0.1, 0.15) is 42.1 Å². The number of aryl methyl sites for hydroxylation is 1. The van der Waals surface area contributed by atoms with Gasteiger partial charge in [-0.1, -0.05) is 0 Å². The zero-order chi connectivity index (χ0) is 16.6. The SMILES string of the molecule is CC(N)C1CCN(C(=O)c2cc3c(cc2F)NC(=O)CC3)CC1. The average molecular weight is 319 g/mol. The summed E-state index contributed by atoms with van der Waals surface area (Å²) in [7, 11) is 0. The van der Waals surface area contributed by atoms with Crippen molar-refractivity contribution in [1.82, 2.24) is 4.90 Å². The molecule has 0 aliphatic carbocycles. The predicted octanol–water partition coefficient (Wildman–Crippen LogP) is 1.91. The second-order valence-corrected chi connectivity index (χ2v) is 6.53. The van der Waals surface area contributed by atoms with Crippen LogP contribution in [0.3, 0.4) is 0 Å². The second-order valence-electron chi connectivity index (χ2n) is 6.53. The summed E-state index contributed by atoms with van der Waals surface area (Å²) in [5.41, 5.74) is 7.31. The number of anilines is 1. The lowest BCUT2D eigenvalue weighted by Gasteiger charge is -2.34. The number of hydrogen-bond donors (Lipinski definition) is 2. The molecule has 6 heteroatoms. The Labute approximate surface area is 135 Å². The van der Waals surface area contributed by atoms with Gasteiger partial charge in [-0.3, -0.25) is 9.59 Å². The Morgan fingerprint density at radius 2 is 2.04 bits per heavy atom. The maximum absolute atomic E-state index is 14.3. The lowest BCUT2D eigenvalue weighted by atomic mass is 9.90. The average Bonchev–Trinajstić information content (AvgIpc) is 2.53. The van der Waals surface area contributed by atoms with Crippen LogP contribution in [0.25, 0.3) is 0 Å². The van der Waals surface area contributed by atoms with Crippen molar-refractivity contribution in [2.75, 3.05) is 18.4 Å². The number of hydrogen-bond acceptors (Lipinski definition) is 3. The van der Waals surface area contributed by atoms with E-state index in [1.54, 1.807) is 11.0 Å². The van der Waals surface area contributed by atoms with Crippen molar-refractivity contribution in [2.24, 2.45) is 11.7 Å². The van der Waals surface area contributed by atoms with Gasteiger partial charge in [0.05, 0.1) is 5.56 Å². The molecule has 0 bridgehead atoms. The van der Waals surface area contributed by atoms with Crippen molar-refractivity contribution in [3.63, 3.8) is 0 Å². The van der Waals surface area contributed by atoms with Gasteiger partial charge in [0.15, 0.2) is 0 Å². The first kappa shape index (κ1) is 15.9. The number of nitrogens with zero attached hydrogens (tertiary/aromatic N) is 1. The maximum atomic E-state index is 14.3. The van der Waals surface area contributed by atoms with Gasteiger partial charge in [0, 0.05) is 31.2 Å². The number of carbonyl (C=O) groups excluding carboxylic acids is 2. The van der Waals surface area contributed by atoms with E-state index in [-0.39, 0.29) is 23.4 Å². The first-order chi connectivity index (χ1) is 11.0. The summed E-state index contributed by atoms with van der Waals surface area (Å²) in [4.78, 5) is 25.7. The fourth-order valence-electron chi connectivity index (χ4n) is 3.36. The van der Waals surface area contributed by atoms with Gasteiger partial charge < -0.3 is 16.0 Å². The van der Waals surface area contributed by atoms with Crippen molar-refractivity contribution < 1.29 is 14.0 Å². The summed E-state index contributed by atoms with van der Waals surface area (Å²) in [6.07, 6.45) is 2.61. The number of likely N-dealkylation sites (tertiary alicyclic amines) is 1. The summed E-state index contributed by atoms with van der Waals surface area (Å²) < 4.78 is 14.3. The molecule has 23 heavy (non-hydrogen) atoms. The van der Waals surface area contributed by atoms with Crippen LogP contribution in [0.2, 0.25) is 0 Å². The number of benzene rings is 1. The predicted molar refractivity (Wildman–Crippen MR) is 85.6 cm³/mol. The summed E-state index contributed by atoms with van der Waals surface area (Å²) in [5, 5.41) is 2.65. The standard InChI is InChI=1S/C17H22FN3O2/c1-10(19)11-4-6-21(7-5-11)17(23)13-8-12-2-3-16(22)20-15(12)9-14(13)18/h8-11H,2-7,19H2,1H3,(H,20,22). The van der Waals surface area contributed by atoms with E-state index in [0.717, 1.165) is 18.4 Å². The molecule has 1 unspecified atom stereocenters. The van der Waals surface area contributed by atoms with Crippen molar-refractivity contribution >= 4 is 17.5 Å². The molecular weight excluding hydrogens is 297 g/mol. The highest BCUT2D eigenvalue weighted by atomic mass is 19.1. The third kappa shape index (κ3) is 3.22. The minimum absolute atomic E-state index is 0.0964. The van der Waals surface area contributed by atoms with Crippen LogP contribution < -0.4 is 11.1 Å². The first-order valence-electron chi connectivity index (χ1n) is 8.13. The van der Waals surface area contributed by atoms with E-state index in [1.165, 1.54) is 6.07 Å². The smallest absolute Gasteiger partial charge is 0.256 e. The summed E-state index contributed by atoms with van der Waals surface area (Å²) in [5.74, 6) is -0.549. The Hall–Kier alpha value is -1.95. The summed E-state index contributed by atoms with van der Waals surface area (Å²) in [6.45, 7) is 3.20. The Morgan fingerprint density at radius 3 is 2.70 bits per heavy atom. The van der Waals surface area contributed by atoms with E-state index < -0.39 is 5.82 Å². The first-order valence-corrected chi connectivity index (χ1v) is 8.13. The molecule has 3 rings (SSSR count). The molecule has 0 aromatic heterocycles. The van der Waals surface area contributed by atoms with E-state index in [1.807, 2.05) is 6.92 Å². The van der Waals surface area contributed by atoms with Gasteiger partial charge in [0.2, 0.25) is 5.91 Å². The molecule has 0 radical (unpaired) electrons. The van der Waals surface area contributed by atoms with E-state index in [2.05, 4.69) is 5.32 Å². The molecule has 1 aromatic rings. The maximum Gasteiger partial charge on any atom is 0.256 e. The van der Waals surface area contributed by atoms with Gasteiger partial charge in [-0.2, -0.15) is 0 Å². The quantitative estimate of drug-likeness (QED) is 0.874.